The Labute approximate surface area is 90.2 Å². The first-order chi connectivity index (χ1) is 6.66. The van der Waals surface area contributed by atoms with Gasteiger partial charge in [-0.3, -0.25) is 9.13 Å². The van der Waals surface area contributed by atoms with Crippen LogP contribution in [0.4, 0.5) is 0 Å². The lowest BCUT2D eigenvalue weighted by atomic mass is 10.3. The zero-order valence-corrected chi connectivity index (χ0v) is 9.70. The molecule has 0 saturated heterocycles. The summed E-state index contributed by atoms with van der Waals surface area (Å²) in [4.78, 5) is 11.7. The van der Waals surface area contributed by atoms with Crippen molar-refractivity contribution in [1.82, 2.24) is 9.13 Å². The van der Waals surface area contributed by atoms with Gasteiger partial charge >= 0.3 is 5.69 Å². The Morgan fingerprint density at radius 1 is 1.36 bits per heavy atom. The summed E-state index contributed by atoms with van der Waals surface area (Å²) in [5.41, 5.74) is 0.0964. The quantitative estimate of drug-likeness (QED) is 0.588. The highest BCUT2D eigenvalue weighted by Crippen LogP contribution is 2.00. The fourth-order valence-electron chi connectivity index (χ4n) is 1.39. The molecule has 0 fully saturated rings. The van der Waals surface area contributed by atoms with Gasteiger partial charge in [0.25, 0.3) is 0 Å². The van der Waals surface area contributed by atoms with Crippen molar-refractivity contribution in [3.63, 3.8) is 0 Å². The summed E-state index contributed by atoms with van der Waals surface area (Å²) in [5.74, 6) is 0.889. The van der Waals surface area contributed by atoms with E-state index in [9.17, 15) is 4.79 Å². The molecule has 3 nitrogen and oxygen atoms in total. The second-order valence-corrected chi connectivity index (χ2v) is 4.15. The van der Waals surface area contributed by atoms with Crippen molar-refractivity contribution in [2.24, 2.45) is 0 Å². The fourth-order valence-corrected chi connectivity index (χ4v) is 1.61. The summed E-state index contributed by atoms with van der Waals surface area (Å²) >= 11 is 4.14. The van der Waals surface area contributed by atoms with Gasteiger partial charge in [-0.1, -0.05) is 0 Å². The first-order valence-electron chi connectivity index (χ1n) is 5.05. The van der Waals surface area contributed by atoms with Crippen LogP contribution in [0, 0.1) is 0 Å². The smallest absolute Gasteiger partial charge is 0.299 e. The lowest BCUT2D eigenvalue weighted by molar-refractivity contribution is 0.541. The molecular formula is C10H18N2OS. The summed E-state index contributed by atoms with van der Waals surface area (Å²) in [6, 6.07) is 0.244. The molecule has 0 radical (unpaired) electrons. The van der Waals surface area contributed by atoms with E-state index in [-0.39, 0.29) is 11.7 Å². The Morgan fingerprint density at radius 3 is 2.57 bits per heavy atom. The third-order valence-electron chi connectivity index (χ3n) is 2.24. The van der Waals surface area contributed by atoms with Gasteiger partial charge in [-0.2, -0.15) is 12.6 Å². The van der Waals surface area contributed by atoms with Gasteiger partial charge in [0, 0.05) is 25.0 Å². The van der Waals surface area contributed by atoms with Crippen LogP contribution < -0.4 is 5.69 Å². The summed E-state index contributed by atoms with van der Waals surface area (Å²) in [6.45, 7) is 4.83. The van der Waals surface area contributed by atoms with Gasteiger partial charge in [0.15, 0.2) is 0 Å². The topological polar surface area (TPSA) is 26.9 Å². The molecule has 0 N–H and O–H groups in total. The van der Waals surface area contributed by atoms with Gasteiger partial charge in [0.05, 0.1) is 0 Å². The Balaban J connectivity index is 2.65. The van der Waals surface area contributed by atoms with Crippen molar-refractivity contribution in [2.75, 3.05) is 5.75 Å². The predicted molar refractivity (Wildman–Crippen MR) is 62.2 cm³/mol. The lowest BCUT2D eigenvalue weighted by Crippen LogP contribution is -2.25. The van der Waals surface area contributed by atoms with Gasteiger partial charge in [-0.05, 0) is 32.4 Å². The number of hydrogen-bond acceptors (Lipinski definition) is 2. The van der Waals surface area contributed by atoms with E-state index in [4.69, 9.17) is 0 Å². The average Bonchev–Trinajstić information content (AvgIpc) is 2.48. The van der Waals surface area contributed by atoms with E-state index in [2.05, 4.69) is 12.6 Å². The van der Waals surface area contributed by atoms with Crippen molar-refractivity contribution in [1.29, 1.82) is 0 Å². The lowest BCUT2D eigenvalue weighted by Gasteiger charge is -2.04. The van der Waals surface area contributed by atoms with Gasteiger partial charge in [-0.25, -0.2) is 4.79 Å². The van der Waals surface area contributed by atoms with Crippen LogP contribution in [-0.4, -0.2) is 14.9 Å². The van der Waals surface area contributed by atoms with Crippen molar-refractivity contribution in [3.8, 4) is 0 Å². The summed E-state index contributed by atoms with van der Waals surface area (Å²) < 4.78 is 3.52. The molecule has 4 heteroatoms. The fraction of sp³-hybridized carbons (Fsp3) is 0.700. The summed E-state index contributed by atoms with van der Waals surface area (Å²) in [6.07, 6.45) is 5.79. The number of aryl methyl sites for hydroxylation is 1. The van der Waals surface area contributed by atoms with Gasteiger partial charge in [0.2, 0.25) is 0 Å². The second-order valence-electron chi connectivity index (χ2n) is 3.71. The molecule has 0 aliphatic rings. The minimum Gasteiger partial charge on any atom is -0.299 e. The molecule has 1 rings (SSSR count). The predicted octanol–water partition coefficient (Wildman–Crippen LogP) is 1.94. The summed E-state index contributed by atoms with van der Waals surface area (Å²) in [5, 5.41) is 0. The van der Waals surface area contributed by atoms with E-state index in [1.54, 1.807) is 9.13 Å². The number of hydrogen-bond donors (Lipinski definition) is 1. The number of nitrogens with zero attached hydrogens (tertiary/aromatic N) is 2. The summed E-state index contributed by atoms with van der Waals surface area (Å²) in [7, 11) is 0. The van der Waals surface area contributed by atoms with Crippen LogP contribution in [0.15, 0.2) is 17.2 Å². The van der Waals surface area contributed by atoms with Crippen LogP contribution in [0.2, 0.25) is 0 Å². The highest BCUT2D eigenvalue weighted by molar-refractivity contribution is 7.80. The molecule has 1 aromatic heterocycles. The molecule has 14 heavy (non-hydrogen) atoms. The average molecular weight is 214 g/mol. The first-order valence-corrected chi connectivity index (χ1v) is 5.68. The van der Waals surface area contributed by atoms with Crippen LogP contribution in [0.5, 0.6) is 0 Å². The second kappa shape index (κ2) is 5.29. The molecule has 0 bridgehead atoms. The monoisotopic (exact) mass is 214 g/mol. The molecule has 0 unspecified atom stereocenters. The van der Waals surface area contributed by atoms with Crippen LogP contribution in [0.3, 0.4) is 0 Å². The Bertz CT molecular complexity index is 327. The van der Waals surface area contributed by atoms with E-state index in [1.807, 2.05) is 26.2 Å². The number of thiol groups is 1. The third kappa shape index (κ3) is 2.67. The van der Waals surface area contributed by atoms with Crippen LogP contribution >= 0.6 is 12.6 Å². The number of unbranched alkanes of at least 4 members (excludes halogenated alkanes) is 1. The minimum atomic E-state index is 0.0964. The van der Waals surface area contributed by atoms with Crippen molar-refractivity contribution in [3.05, 3.63) is 22.9 Å². The van der Waals surface area contributed by atoms with Crippen LogP contribution in [-0.2, 0) is 6.54 Å². The maximum Gasteiger partial charge on any atom is 0.328 e. The molecule has 0 saturated carbocycles. The molecular weight excluding hydrogens is 196 g/mol. The van der Waals surface area contributed by atoms with Gasteiger partial charge in [-0.15, -0.1) is 0 Å². The molecule has 0 spiro atoms. The molecule has 0 aromatic carbocycles. The largest absolute Gasteiger partial charge is 0.328 e. The molecule has 0 atom stereocenters. The maximum atomic E-state index is 11.7. The number of imidazole rings is 1. The van der Waals surface area contributed by atoms with Gasteiger partial charge < -0.3 is 0 Å². The van der Waals surface area contributed by atoms with E-state index >= 15 is 0 Å². The van der Waals surface area contributed by atoms with E-state index < -0.39 is 0 Å². The third-order valence-corrected chi connectivity index (χ3v) is 2.55. The molecule has 0 aliphatic heterocycles. The first kappa shape index (κ1) is 11.4. The van der Waals surface area contributed by atoms with E-state index in [0.29, 0.717) is 0 Å². The van der Waals surface area contributed by atoms with Crippen LogP contribution in [0.25, 0.3) is 0 Å². The SMILES string of the molecule is CC(C)n1ccn(CCCCS)c1=O. The van der Waals surface area contributed by atoms with Crippen molar-refractivity contribution < 1.29 is 0 Å². The maximum absolute atomic E-state index is 11.7. The Morgan fingerprint density at radius 2 is 2.07 bits per heavy atom. The molecule has 0 amide bonds. The van der Waals surface area contributed by atoms with Crippen molar-refractivity contribution >= 4 is 12.6 Å². The zero-order valence-electron chi connectivity index (χ0n) is 8.81. The zero-order chi connectivity index (χ0) is 10.6. The molecule has 1 heterocycles. The highest BCUT2D eigenvalue weighted by atomic mass is 32.1. The Hall–Kier alpha value is -0.640. The normalized spacial score (nSPS) is 11.1. The minimum absolute atomic E-state index is 0.0964. The van der Waals surface area contributed by atoms with Crippen LogP contribution in [0.1, 0.15) is 32.7 Å². The number of aromatic nitrogens is 2. The van der Waals surface area contributed by atoms with Gasteiger partial charge in [0.1, 0.15) is 0 Å². The van der Waals surface area contributed by atoms with E-state index in [1.165, 1.54) is 0 Å². The molecule has 0 aliphatic carbocycles. The van der Waals surface area contributed by atoms with Crippen molar-refractivity contribution in [2.45, 2.75) is 39.3 Å². The molecule has 80 valence electrons. The number of rotatable bonds is 5. The van der Waals surface area contributed by atoms with E-state index in [0.717, 1.165) is 25.1 Å². The standard InChI is InChI=1S/C10H18N2OS/c1-9(2)12-7-6-11(10(12)13)5-3-4-8-14/h6-7,9,14H,3-5,8H2,1-2H3. The Kier molecular flexibility index (Phi) is 4.32. The highest BCUT2D eigenvalue weighted by Gasteiger charge is 2.04. The molecule has 1 aromatic rings.